The highest BCUT2D eigenvalue weighted by molar-refractivity contribution is 5.77. The van der Waals surface area contributed by atoms with E-state index in [-0.39, 0.29) is 5.91 Å². The fourth-order valence-corrected chi connectivity index (χ4v) is 1.67. The molecule has 2 rings (SSSR count). The molecule has 18 heavy (non-hydrogen) atoms. The van der Waals surface area contributed by atoms with Crippen LogP contribution in [0.15, 0.2) is 18.2 Å². The lowest BCUT2D eigenvalue weighted by molar-refractivity contribution is -0.127. The molecule has 5 nitrogen and oxygen atoms in total. The van der Waals surface area contributed by atoms with Gasteiger partial charge in [-0.2, -0.15) is 0 Å². The van der Waals surface area contributed by atoms with E-state index in [2.05, 4.69) is 5.32 Å². The zero-order valence-electron chi connectivity index (χ0n) is 10.7. The number of nitrogens with one attached hydrogen (secondary N) is 1. The van der Waals surface area contributed by atoms with E-state index in [0.29, 0.717) is 26.3 Å². The lowest BCUT2D eigenvalue weighted by atomic mass is 10.2. The molecule has 5 heteroatoms. The summed E-state index contributed by atoms with van der Waals surface area (Å²) in [5.74, 6) is 1.63. The normalized spacial score (nSPS) is 13.2. The number of hydrogen-bond acceptors (Lipinski definition) is 4. The van der Waals surface area contributed by atoms with Crippen molar-refractivity contribution in [2.45, 2.75) is 6.54 Å². The Kier molecular flexibility index (Phi) is 4.04. The van der Waals surface area contributed by atoms with Gasteiger partial charge in [0.1, 0.15) is 13.2 Å². The molecule has 0 saturated heterocycles. The summed E-state index contributed by atoms with van der Waals surface area (Å²) in [6.07, 6.45) is 0. The average molecular weight is 250 g/mol. The van der Waals surface area contributed by atoms with Crippen LogP contribution in [0.25, 0.3) is 0 Å². The summed E-state index contributed by atoms with van der Waals surface area (Å²) in [4.78, 5) is 13.0. The minimum atomic E-state index is 0.0625. The summed E-state index contributed by atoms with van der Waals surface area (Å²) in [6, 6.07) is 5.82. The molecule has 1 amide bonds. The molecule has 0 aliphatic carbocycles. The molecule has 1 aromatic carbocycles. The van der Waals surface area contributed by atoms with Gasteiger partial charge in [-0.25, -0.2) is 0 Å². The van der Waals surface area contributed by atoms with Gasteiger partial charge in [0.05, 0.1) is 6.54 Å². The molecule has 1 heterocycles. The highest BCUT2D eigenvalue weighted by Crippen LogP contribution is 2.30. The van der Waals surface area contributed by atoms with Crippen LogP contribution in [0, 0.1) is 0 Å². The van der Waals surface area contributed by atoms with Crippen LogP contribution in [0.4, 0.5) is 0 Å². The minimum Gasteiger partial charge on any atom is -0.486 e. The maximum Gasteiger partial charge on any atom is 0.236 e. The number of carbonyl (C=O) groups excluding carboxylic acids is 1. The zero-order chi connectivity index (χ0) is 13.0. The van der Waals surface area contributed by atoms with Gasteiger partial charge in [-0.3, -0.25) is 4.79 Å². The van der Waals surface area contributed by atoms with Gasteiger partial charge in [-0.15, -0.1) is 0 Å². The topological polar surface area (TPSA) is 50.8 Å². The van der Waals surface area contributed by atoms with Crippen LogP contribution in [-0.2, 0) is 11.3 Å². The number of nitrogens with zero attached hydrogens (tertiary/aromatic N) is 1. The Hall–Kier alpha value is -1.75. The first-order valence-electron chi connectivity index (χ1n) is 5.96. The predicted molar refractivity (Wildman–Crippen MR) is 67.8 cm³/mol. The molecule has 0 bridgehead atoms. The second-order valence-corrected chi connectivity index (χ2v) is 4.37. The lowest BCUT2D eigenvalue weighted by Gasteiger charge is -2.19. The van der Waals surface area contributed by atoms with Crippen molar-refractivity contribution in [2.75, 3.05) is 33.9 Å². The van der Waals surface area contributed by atoms with Gasteiger partial charge in [-0.05, 0) is 17.7 Å². The first-order valence-corrected chi connectivity index (χ1v) is 5.96. The van der Waals surface area contributed by atoms with Gasteiger partial charge < -0.3 is 19.7 Å². The predicted octanol–water partition coefficient (Wildman–Crippen LogP) is 0.636. The van der Waals surface area contributed by atoms with E-state index in [9.17, 15) is 4.79 Å². The molecular weight excluding hydrogens is 232 g/mol. The zero-order valence-corrected chi connectivity index (χ0v) is 10.7. The standard InChI is InChI=1S/C13H18N2O3/c1-15(2)13(16)9-14-8-10-3-4-11-12(7-10)18-6-5-17-11/h3-4,7,14H,5-6,8-9H2,1-2H3. The van der Waals surface area contributed by atoms with Crippen molar-refractivity contribution in [2.24, 2.45) is 0 Å². The van der Waals surface area contributed by atoms with E-state index in [4.69, 9.17) is 9.47 Å². The van der Waals surface area contributed by atoms with Crippen molar-refractivity contribution < 1.29 is 14.3 Å². The number of amides is 1. The molecule has 1 aliphatic rings. The number of carbonyl (C=O) groups is 1. The van der Waals surface area contributed by atoms with Crippen molar-refractivity contribution in [1.29, 1.82) is 0 Å². The number of hydrogen-bond donors (Lipinski definition) is 1. The van der Waals surface area contributed by atoms with Crippen LogP contribution >= 0.6 is 0 Å². The van der Waals surface area contributed by atoms with E-state index in [1.807, 2.05) is 18.2 Å². The summed E-state index contributed by atoms with van der Waals surface area (Å²) in [5, 5.41) is 3.10. The van der Waals surface area contributed by atoms with E-state index in [1.165, 1.54) is 0 Å². The molecule has 1 N–H and O–H groups in total. The Morgan fingerprint density at radius 2 is 2.00 bits per heavy atom. The first kappa shape index (κ1) is 12.7. The molecule has 0 atom stereocenters. The fraction of sp³-hybridized carbons (Fsp3) is 0.462. The number of fused-ring (bicyclic) bond motifs is 1. The van der Waals surface area contributed by atoms with Crippen LogP contribution in [0.3, 0.4) is 0 Å². The number of ether oxygens (including phenoxy) is 2. The third-order valence-corrected chi connectivity index (χ3v) is 2.71. The quantitative estimate of drug-likeness (QED) is 0.852. The Morgan fingerprint density at radius 1 is 1.28 bits per heavy atom. The monoisotopic (exact) mass is 250 g/mol. The lowest BCUT2D eigenvalue weighted by Crippen LogP contribution is -2.32. The largest absolute Gasteiger partial charge is 0.486 e. The van der Waals surface area contributed by atoms with E-state index < -0.39 is 0 Å². The smallest absolute Gasteiger partial charge is 0.236 e. The van der Waals surface area contributed by atoms with Crippen LogP contribution in [0.1, 0.15) is 5.56 Å². The van der Waals surface area contributed by atoms with Crippen LogP contribution in [0.5, 0.6) is 11.5 Å². The summed E-state index contributed by atoms with van der Waals surface area (Å²) >= 11 is 0. The van der Waals surface area contributed by atoms with Gasteiger partial charge in [0.15, 0.2) is 11.5 Å². The third-order valence-electron chi connectivity index (χ3n) is 2.71. The fourth-order valence-electron chi connectivity index (χ4n) is 1.67. The van der Waals surface area contributed by atoms with Crippen molar-refractivity contribution in [3.8, 4) is 11.5 Å². The Morgan fingerprint density at radius 3 is 2.72 bits per heavy atom. The molecular formula is C13H18N2O3. The second kappa shape index (κ2) is 5.73. The summed E-state index contributed by atoms with van der Waals surface area (Å²) < 4.78 is 10.9. The molecule has 0 fully saturated rings. The molecule has 1 aromatic rings. The van der Waals surface area contributed by atoms with E-state index in [1.54, 1.807) is 19.0 Å². The summed E-state index contributed by atoms with van der Waals surface area (Å²) in [5.41, 5.74) is 1.07. The number of rotatable bonds is 4. The Bertz CT molecular complexity index is 432. The highest BCUT2D eigenvalue weighted by Gasteiger charge is 2.11. The second-order valence-electron chi connectivity index (χ2n) is 4.37. The van der Waals surface area contributed by atoms with Crippen LogP contribution < -0.4 is 14.8 Å². The number of likely N-dealkylation sites (N-methyl/N-ethyl adjacent to an activating group) is 1. The van der Waals surface area contributed by atoms with Crippen molar-refractivity contribution in [1.82, 2.24) is 10.2 Å². The maximum atomic E-state index is 11.4. The van der Waals surface area contributed by atoms with Gasteiger partial charge in [0, 0.05) is 20.6 Å². The Labute approximate surface area is 107 Å². The molecule has 98 valence electrons. The average Bonchev–Trinajstić information content (AvgIpc) is 2.38. The molecule has 0 spiro atoms. The third kappa shape index (κ3) is 3.13. The summed E-state index contributed by atoms with van der Waals surface area (Å²) in [6.45, 7) is 2.16. The summed E-state index contributed by atoms with van der Waals surface area (Å²) in [7, 11) is 3.49. The minimum absolute atomic E-state index is 0.0625. The van der Waals surface area contributed by atoms with Crippen molar-refractivity contribution in [3.05, 3.63) is 23.8 Å². The van der Waals surface area contributed by atoms with Gasteiger partial charge >= 0.3 is 0 Å². The molecule has 0 radical (unpaired) electrons. The molecule has 0 saturated carbocycles. The van der Waals surface area contributed by atoms with E-state index >= 15 is 0 Å². The van der Waals surface area contributed by atoms with Gasteiger partial charge in [-0.1, -0.05) is 6.07 Å². The molecule has 0 aromatic heterocycles. The van der Waals surface area contributed by atoms with Crippen molar-refractivity contribution in [3.63, 3.8) is 0 Å². The SMILES string of the molecule is CN(C)C(=O)CNCc1ccc2c(c1)OCCO2. The Balaban J connectivity index is 1.88. The van der Waals surface area contributed by atoms with E-state index in [0.717, 1.165) is 17.1 Å². The maximum absolute atomic E-state index is 11.4. The molecule has 0 unspecified atom stereocenters. The van der Waals surface area contributed by atoms with Crippen LogP contribution in [0.2, 0.25) is 0 Å². The van der Waals surface area contributed by atoms with Crippen molar-refractivity contribution >= 4 is 5.91 Å². The highest BCUT2D eigenvalue weighted by atomic mass is 16.6. The van der Waals surface area contributed by atoms with Gasteiger partial charge in [0.2, 0.25) is 5.91 Å². The molecule has 1 aliphatic heterocycles. The first-order chi connectivity index (χ1) is 8.66. The number of benzene rings is 1. The van der Waals surface area contributed by atoms with Gasteiger partial charge in [0.25, 0.3) is 0 Å². The van der Waals surface area contributed by atoms with Crippen LogP contribution in [-0.4, -0.2) is 44.7 Å².